The molecule has 4 amide bonds. The monoisotopic (exact) mass is 816 g/mol. The Balaban J connectivity index is 1.36. The number of para-hydroxylation sites is 1. The zero-order chi connectivity index (χ0) is 42.9. The van der Waals surface area contributed by atoms with Crippen molar-refractivity contribution in [2.75, 3.05) is 26.2 Å². The summed E-state index contributed by atoms with van der Waals surface area (Å²) in [4.78, 5) is 96.9. The summed E-state index contributed by atoms with van der Waals surface area (Å²) in [6.45, 7) is -0.316. The average Bonchev–Trinajstić information content (AvgIpc) is 3.92. The van der Waals surface area contributed by atoms with Crippen LogP contribution in [0, 0.1) is 11.8 Å². The minimum absolute atomic E-state index is 0.0981. The van der Waals surface area contributed by atoms with E-state index in [1.54, 1.807) is 36.5 Å². The highest BCUT2D eigenvalue weighted by Crippen LogP contribution is 2.22. The first kappa shape index (κ1) is 44.0. The average molecular weight is 817 g/mol. The van der Waals surface area contributed by atoms with Crippen molar-refractivity contribution in [3.63, 3.8) is 0 Å². The third-order valence-electron chi connectivity index (χ3n) is 10.1. The molecule has 0 aliphatic heterocycles. The quantitative estimate of drug-likeness (QED) is 0.0273. The number of H-pyrrole nitrogens is 2. The fraction of sp³-hybridized carbons (Fsp3) is 0.318. The van der Waals surface area contributed by atoms with Crippen LogP contribution >= 0.6 is 0 Å². The lowest BCUT2D eigenvalue weighted by atomic mass is 9.89. The zero-order valence-corrected chi connectivity index (χ0v) is 33.3. The molecule has 0 fully saturated rings. The number of aliphatic imine (C=N–C) groups is 1. The van der Waals surface area contributed by atoms with Crippen LogP contribution in [0.2, 0.25) is 0 Å². The molecule has 314 valence electrons. The summed E-state index contributed by atoms with van der Waals surface area (Å²) in [5, 5.41) is 6.50. The zero-order valence-electron chi connectivity index (χ0n) is 33.3. The molecule has 0 radical (unpaired) electrons. The Bertz CT molecular complexity index is 2240. The van der Waals surface area contributed by atoms with Gasteiger partial charge < -0.3 is 42.7 Å². The van der Waals surface area contributed by atoms with Crippen LogP contribution in [0.15, 0.2) is 109 Å². The second-order valence-electron chi connectivity index (χ2n) is 14.7. The van der Waals surface area contributed by atoms with Crippen LogP contribution in [-0.2, 0) is 43.2 Å². The molecule has 3 atom stereocenters. The number of imidazole rings is 1. The molecule has 0 bridgehead atoms. The lowest BCUT2D eigenvalue weighted by Gasteiger charge is -2.28. The summed E-state index contributed by atoms with van der Waals surface area (Å²) < 4.78 is 0. The Hall–Kier alpha value is -7.10. The molecule has 3 aromatic carbocycles. The lowest BCUT2D eigenvalue weighted by molar-refractivity contribution is -0.141. The fourth-order valence-electron chi connectivity index (χ4n) is 7.07. The van der Waals surface area contributed by atoms with Crippen molar-refractivity contribution in [2.45, 2.75) is 51.0 Å². The van der Waals surface area contributed by atoms with Crippen LogP contribution < -0.4 is 27.8 Å². The van der Waals surface area contributed by atoms with Gasteiger partial charge in [-0.25, -0.2) is 4.98 Å². The molecule has 0 saturated carbocycles. The number of primary amides is 1. The molecule has 0 aliphatic rings. The number of nitrogens with zero attached hydrogens (tertiary/aromatic N) is 3. The first-order valence-corrected chi connectivity index (χ1v) is 19.8. The second kappa shape index (κ2) is 22.2. The Morgan fingerprint density at radius 2 is 1.53 bits per heavy atom. The van der Waals surface area contributed by atoms with Gasteiger partial charge in [-0.2, -0.15) is 0 Å². The number of nitrogens with one attached hydrogen (secondary N) is 4. The van der Waals surface area contributed by atoms with Gasteiger partial charge in [0, 0.05) is 72.8 Å². The van der Waals surface area contributed by atoms with Crippen molar-refractivity contribution < 1.29 is 28.8 Å². The molecule has 2 aromatic heterocycles. The highest BCUT2D eigenvalue weighted by molar-refractivity contribution is 5.98. The number of hydrogen-bond acceptors (Lipinski definition) is 8. The van der Waals surface area contributed by atoms with Crippen molar-refractivity contribution in [2.24, 2.45) is 34.0 Å². The van der Waals surface area contributed by atoms with E-state index in [4.69, 9.17) is 17.2 Å². The first-order chi connectivity index (χ1) is 29.0. The van der Waals surface area contributed by atoms with E-state index in [-0.39, 0.29) is 64.2 Å². The summed E-state index contributed by atoms with van der Waals surface area (Å²) in [5.41, 5.74) is 20.3. The maximum atomic E-state index is 14.5. The number of aromatic amines is 2. The fourth-order valence-corrected chi connectivity index (χ4v) is 7.07. The molecule has 60 heavy (non-hydrogen) atoms. The van der Waals surface area contributed by atoms with Gasteiger partial charge in [0.1, 0.15) is 0 Å². The van der Waals surface area contributed by atoms with Crippen LogP contribution in [0.25, 0.3) is 10.9 Å². The van der Waals surface area contributed by atoms with E-state index >= 15 is 0 Å². The van der Waals surface area contributed by atoms with Crippen molar-refractivity contribution in [3.05, 3.63) is 126 Å². The molecule has 5 aromatic rings. The summed E-state index contributed by atoms with van der Waals surface area (Å²) >= 11 is 0. The van der Waals surface area contributed by atoms with Gasteiger partial charge in [-0.05, 0) is 55.0 Å². The minimum Gasteiger partial charge on any atom is -0.370 e. The van der Waals surface area contributed by atoms with Crippen molar-refractivity contribution >= 4 is 52.1 Å². The molecule has 0 saturated heterocycles. The van der Waals surface area contributed by atoms with Gasteiger partial charge in [0.25, 0.3) is 5.91 Å². The maximum Gasteiger partial charge on any atom is 0.251 e. The van der Waals surface area contributed by atoms with Gasteiger partial charge in [0.05, 0.1) is 31.4 Å². The molecule has 0 aliphatic carbocycles. The molecule has 0 spiro atoms. The number of fused-ring (bicyclic) bond motifs is 1. The number of rotatable bonds is 24. The van der Waals surface area contributed by atoms with Gasteiger partial charge in [-0.15, -0.1) is 0 Å². The number of Topliss-reactive ketones (excluding diaryl/α,β-unsaturated/α-hetero) is 2. The van der Waals surface area contributed by atoms with E-state index in [2.05, 4.69) is 30.6 Å². The van der Waals surface area contributed by atoms with E-state index in [1.165, 1.54) is 11.2 Å². The van der Waals surface area contributed by atoms with Gasteiger partial charge in [0.2, 0.25) is 17.7 Å². The smallest absolute Gasteiger partial charge is 0.251 e. The number of hydrogen-bond donors (Lipinski definition) is 7. The van der Waals surface area contributed by atoms with Crippen LogP contribution in [0.5, 0.6) is 0 Å². The van der Waals surface area contributed by atoms with E-state index in [0.717, 1.165) is 22.0 Å². The molecule has 5 rings (SSSR count). The molecular weight excluding hydrogens is 765 g/mol. The number of amides is 4. The molecular formula is C44H52N10O6. The second-order valence-corrected chi connectivity index (χ2v) is 14.7. The van der Waals surface area contributed by atoms with Gasteiger partial charge in [0.15, 0.2) is 17.5 Å². The number of nitrogens with two attached hydrogens (primary N) is 3. The summed E-state index contributed by atoms with van der Waals surface area (Å²) in [7, 11) is 0. The number of guanidine groups is 1. The van der Waals surface area contributed by atoms with Gasteiger partial charge in [-0.3, -0.25) is 33.8 Å². The van der Waals surface area contributed by atoms with E-state index in [9.17, 15) is 28.8 Å². The minimum atomic E-state index is -1.10. The SMILES string of the molecule is NC(=O)CN(CCc1c[nH]c2ccccc12)C(=O)[C@H](CCCN=C(N)N)CC(=O)[C@@H](Cc1ccccc1)NC(=O)[C@@H](CC(=O)CNC(=O)c1ccccc1)Cc1cnc[nH]1. The molecule has 0 unspecified atom stereocenters. The number of carbonyl (C=O) groups is 6. The normalized spacial score (nSPS) is 12.5. The Labute approximate surface area is 347 Å². The molecule has 2 heterocycles. The molecule has 16 nitrogen and oxygen atoms in total. The Morgan fingerprint density at radius 3 is 2.23 bits per heavy atom. The predicted molar refractivity (Wildman–Crippen MR) is 227 cm³/mol. The highest BCUT2D eigenvalue weighted by atomic mass is 16.2. The largest absolute Gasteiger partial charge is 0.370 e. The Kier molecular flexibility index (Phi) is 16.3. The van der Waals surface area contributed by atoms with Crippen LogP contribution in [-0.4, -0.2) is 93.2 Å². The Morgan fingerprint density at radius 1 is 0.817 bits per heavy atom. The highest BCUT2D eigenvalue weighted by Gasteiger charge is 2.33. The van der Waals surface area contributed by atoms with Crippen LogP contribution in [0.4, 0.5) is 0 Å². The lowest BCUT2D eigenvalue weighted by Crippen LogP contribution is -2.48. The van der Waals surface area contributed by atoms with Crippen LogP contribution in [0.3, 0.4) is 0 Å². The summed E-state index contributed by atoms with van der Waals surface area (Å²) in [6.07, 6.45) is 5.50. The topological polar surface area (TPSA) is 265 Å². The van der Waals surface area contributed by atoms with E-state index in [0.29, 0.717) is 24.1 Å². The van der Waals surface area contributed by atoms with Crippen molar-refractivity contribution in [3.8, 4) is 0 Å². The predicted octanol–water partition coefficient (Wildman–Crippen LogP) is 2.35. The van der Waals surface area contributed by atoms with E-state index in [1.807, 2.05) is 60.8 Å². The third-order valence-corrected chi connectivity index (χ3v) is 10.1. The number of ketones is 2. The molecule has 10 N–H and O–H groups in total. The number of benzene rings is 3. The first-order valence-electron chi connectivity index (χ1n) is 19.8. The van der Waals surface area contributed by atoms with Gasteiger partial charge >= 0.3 is 0 Å². The van der Waals surface area contributed by atoms with E-state index < -0.39 is 53.1 Å². The summed E-state index contributed by atoms with van der Waals surface area (Å²) in [6, 6.07) is 24.2. The van der Waals surface area contributed by atoms with Crippen molar-refractivity contribution in [1.29, 1.82) is 0 Å². The maximum absolute atomic E-state index is 14.5. The van der Waals surface area contributed by atoms with Gasteiger partial charge in [-0.1, -0.05) is 66.7 Å². The number of aromatic nitrogens is 3. The van der Waals surface area contributed by atoms with Crippen molar-refractivity contribution in [1.82, 2.24) is 30.5 Å². The standard InChI is InChI=1S/C44H52N10O6/c45-40(57)27-54(19-17-32-24-50-37-16-8-7-15-36(32)37)43(60)31(14-9-18-49-44(46)47)23-39(56)38(20-29-10-3-1-4-11-29)53-42(59)33(21-34-25-48-28-52-34)22-35(55)26-51-41(58)30-12-5-2-6-13-30/h1-8,10-13,15-16,24-25,28,31,33,38,50H,9,14,17-23,26-27H2,(H2,45,57)(H,48,52)(H,51,58)(H,53,59)(H4,46,47,49)/t31-,33-,38-/m1/s1. The van der Waals surface area contributed by atoms with Crippen LogP contribution in [0.1, 0.15) is 52.9 Å². The molecule has 16 heteroatoms. The third kappa shape index (κ3) is 13.5. The summed E-state index contributed by atoms with van der Waals surface area (Å²) in [5.74, 6) is -4.94. The number of carbonyl (C=O) groups excluding carboxylic acids is 6.